The number of aromatic nitrogens is 1. The van der Waals surface area contributed by atoms with E-state index < -0.39 is 11.6 Å². The van der Waals surface area contributed by atoms with Crippen LogP contribution in [0.15, 0.2) is 42.3 Å². The molecule has 33 heavy (non-hydrogen) atoms. The molecular weight excluding hydrogens is 422 g/mol. The molecule has 0 bridgehead atoms. The van der Waals surface area contributed by atoms with Crippen molar-refractivity contribution in [3.05, 3.63) is 59.0 Å². The maximum atomic E-state index is 13.0. The molecule has 0 amide bonds. The molecule has 3 aromatic rings. The first-order valence-corrected chi connectivity index (χ1v) is 10.6. The lowest BCUT2D eigenvalue weighted by Gasteiger charge is -2.19. The third-order valence-electron chi connectivity index (χ3n) is 5.32. The highest BCUT2D eigenvalue weighted by Gasteiger charge is 2.30. The molecule has 1 aromatic heterocycles. The van der Waals surface area contributed by atoms with Gasteiger partial charge in [-0.1, -0.05) is 0 Å². The van der Waals surface area contributed by atoms with E-state index in [0.29, 0.717) is 22.6 Å². The fraction of sp³-hybridized carbons (Fsp3) is 0.308. The van der Waals surface area contributed by atoms with Gasteiger partial charge in [-0.05, 0) is 64.1 Å². The molecule has 0 unspecified atom stereocenters. The van der Waals surface area contributed by atoms with Crippen molar-refractivity contribution in [2.24, 2.45) is 7.05 Å². The van der Waals surface area contributed by atoms with Gasteiger partial charge in [0.15, 0.2) is 12.4 Å². The number of carbonyl (C=O) groups excluding carboxylic acids is 2. The number of nitrogens with zero attached hydrogens (tertiary/aromatic N) is 1. The highest BCUT2D eigenvalue weighted by Crippen LogP contribution is 2.40. The molecule has 0 N–H and O–H groups in total. The van der Waals surface area contributed by atoms with E-state index in [4.69, 9.17) is 18.9 Å². The van der Waals surface area contributed by atoms with E-state index >= 15 is 0 Å². The van der Waals surface area contributed by atoms with E-state index in [-0.39, 0.29) is 18.1 Å². The van der Waals surface area contributed by atoms with Crippen LogP contribution in [0.5, 0.6) is 17.2 Å². The third kappa shape index (κ3) is 4.44. The lowest BCUT2D eigenvalue weighted by atomic mass is 10.1. The van der Waals surface area contributed by atoms with Crippen LogP contribution < -0.4 is 14.2 Å². The summed E-state index contributed by atoms with van der Waals surface area (Å²) in [5, 5.41) is 0.954. The van der Waals surface area contributed by atoms with Crippen LogP contribution in [0.25, 0.3) is 17.0 Å². The van der Waals surface area contributed by atoms with E-state index in [1.807, 2.05) is 36.0 Å². The molecule has 2 heterocycles. The molecule has 7 nitrogen and oxygen atoms in total. The van der Waals surface area contributed by atoms with Gasteiger partial charge >= 0.3 is 5.97 Å². The average Bonchev–Trinajstić information content (AvgIpc) is 3.23. The van der Waals surface area contributed by atoms with Gasteiger partial charge in [-0.25, -0.2) is 4.79 Å². The van der Waals surface area contributed by atoms with E-state index in [1.165, 1.54) is 0 Å². The van der Waals surface area contributed by atoms with E-state index in [0.717, 1.165) is 22.2 Å². The predicted molar refractivity (Wildman–Crippen MR) is 125 cm³/mol. The van der Waals surface area contributed by atoms with Crippen LogP contribution >= 0.6 is 0 Å². The summed E-state index contributed by atoms with van der Waals surface area (Å²) in [6.45, 7) is 6.95. The third-order valence-corrected chi connectivity index (χ3v) is 5.32. The molecule has 0 aliphatic carbocycles. The maximum Gasteiger partial charge on any atom is 0.344 e. The number of aryl methyl sites for hydroxylation is 1. The Balaban J connectivity index is 1.60. The number of fused-ring (bicyclic) bond motifs is 2. The minimum absolute atomic E-state index is 0.202. The van der Waals surface area contributed by atoms with Crippen molar-refractivity contribution < 1.29 is 28.5 Å². The van der Waals surface area contributed by atoms with Gasteiger partial charge in [-0.3, -0.25) is 4.79 Å². The molecule has 1 aliphatic rings. The number of ether oxygens (including phenoxy) is 4. The van der Waals surface area contributed by atoms with Gasteiger partial charge in [0.25, 0.3) is 0 Å². The summed E-state index contributed by atoms with van der Waals surface area (Å²) < 4.78 is 24.2. The number of Topliss-reactive ketones (excluding diaryl/α,β-unsaturated/α-hetero) is 1. The Kier molecular flexibility index (Phi) is 5.66. The molecule has 4 rings (SSSR count). The van der Waals surface area contributed by atoms with Gasteiger partial charge in [0.2, 0.25) is 5.78 Å². The van der Waals surface area contributed by atoms with Crippen LogP contribution in [0.2, 0.25) is 0 Å². The SMILES string of the molecule is COc1ccc2c(c1)c(/C=C1\Oc3c(ccc(OCC(=O)OC(C)(C)C)c3C)C1=O)cn2C. The lowest BCUT2D eigenvalue weighted by Crippen LogP contribution is -2.27. The highest BCUT2D eigenvalue weighted by molar-refractivity contribution is 6.15. The number of esters is 1. The fourth-order valence-electron chi connectivity index (χ4n) is 3.82. The Labute approximate surface area is 192 Å². The zero-order valence-corrected chi connectivity index (χ0v) is 19.6. The van der Waals surface area contributed by atoms with Crippen LogP contribution in [0.1, 0.15) is 42.3 Å². The standard InChI is InChI=1S/C26H27NO6/c1-15-21(31-14-23(28)33-26(2,3)4)10-8-18-24(29)22(32-25(15)18)11-16-13-27(5)20-9-7-17(30-6)12-19(16)20/h7-13H,14H2,1-6H3/b22-11-. The molecular formula is C26H27NO6. The van der Waals surface area contributed by atoms with Crippen molar-refractivity contribution in [2.45, 2.75) is 33.3 Å². The van der Waals surface area contributed by atoms with Gasteiger partial charge in [-0.2, -0.15) is 0 Å². The highest BCUT2D eigenvalue weighted by atomic mass is 16.6. The number of hydrogen-bond donors (Lipinski definition) is 0. The van der Waals surface area contributed by atoms with Crippen LogP contribution in [0, 0.1) is 6.92 Å². The van der Waals surface area contributed by atoms with Crippen molar-refractivity contribution in [3.8, 4) is 17.2 Å². The maximum absolute atomic E-state index is 13.0. The number of allylic oxidation sites excluding steroid dienone is 1. The first-order valence-electron chi connectivity index (χ1n) is 10.6. The zero-order valence-electron chi connectivity index (χ0n) is 19.6. The number of rotatable bonds is 5. The molecule has 0 radical (unpaired) electrons. The Hall–Kier alpha value is -3.74. The van der Waals surface area contributed by atoms with Gasteiger partial charge in [0, 0.05) is 35.3 Å². The summed E-state index contributed by atoms with van der Waals surface area (Å²) in [4.78, 5) is 25.0. The minimum Gasteiger partial charge on any atom is -0.497 e. The normalized spacial score (nSPS) is 14.4. The second-order valence-corrected chi connectivity index (χ2v) is 8.96. The predicted octanol–water partition coefficient (Wildman–Crippen LogP) is 4.83. The molecule has 1 aliphatic heterocycles. The lowest BCUT2D eigenvalue weighted by molar-refractivity contribution is -0.157. The molecule has 0 saturated heterocycles. The fourth-order valence-corrected chi connectivity index (χ4v) is 3.82. The van der Waals surface area contributed by atoms with Crippen molar-refractivity contribution in [1.29, 1.82) is 0 Å². The topological polar surface area (TPSA) is 76.0 Å². The summed E-state index contributed by atoms with van der Waals surface area (Å²) in [7, 11) is 3.56. The molecule has 0 spiro atoms. The van der Waals surface area contributed by atoms with Gasteiger partial charge in [0.1, 0.15) is 22.8 Å². The molecule has 7 heteroatoms. The molecule has 0 saturated carbocycles. The van der Waals surface area contributed by atoms with Crippen molar-refractivity contribution >= 4 is 28.7 Å². The summed E-state index contributed by atoms with van der Waals surface area (Å²) in [6.07, 6.45) is 3.68. The zero-order chi connectivity index (χ0) is 23.9. The number of ketones is 1. The van der Waals surface area contributed by atoms with Crippen molar-refractivity contribution in [2.75, 3.05) is 13.7 Å². The van der Waals surface area contributed by atoms with Crippen LogP contribution in [-0.2, 0) is 16.6 Å². The monoisotopic (exact) mass is 449 g/mol. The molecule has 0 atom stereocenters. The van der Waals surface area contributed by atoms with E-state index in [1.54, 1.807) is 53.0 Å². The largest absolute Gasteiger partial charge is 0.497 e. The van der Waals surface area contributed by atoms with Crippen LogP contribution in [-0.4, -0.2) is 35.6 Å². The summed E-state index contributed by atoms with van der Waals surface area (Å²) in [5.41, 5.74) is 2.38. The summed E-state index contributed by atoms with van der Waals surface area (Å²) in [5.74, 6) is 1.19. The number of hydrogen-bond acceptors (Lipinski definition) is 6. The average molecular weight is 450 g/mol. The number of carbonyl (C=O) groups is 2. The van der Waals surface area contributed by atoms with E-state index in [2.05, 4.69) is 0 Å². The Morgan fingerprint density at radius 3 is 2.64 bits per heavy atom. The van der Waals surface area contributed by atoms with Gasteiger partial charge in [-0.15, -0.1) is 0 Å². The van der Waals surface area contributed by atoms with Crippen LogP contribution in [0.3, 0.4) is 0 Å². The second-order valence-electron chi connectivity index (χ2n) is 8.96. The van der Waals surface area contributed by atoms with Crippen LogP contribution in [0.4, 0.5) is 0 Å². The smallest absolute Gasteiger partial charge is 0.344 e. The van der Waals surface area contributed by atoms with Crippen molar-refractivity contribution in [3.63, 3.8) is 0 Å². The van der Waals surface area contributed by atoms with Gasteiger partial charge < -0.3 is 23.5 Å². The Bertz CT molecular complexity index is 1290. The van der Waals surface area contributed by atoms with Crippen molar-refractivity contribution in [1.82, 2.24) is 4.57 Å². The van der Waals surface area contributed by atoms with E-state index in [9.17, 15) is 9.59 Å². The quantitative estimate of drug-likeness (QED) is 0.410. The van der Waals surface area contributed by atoms with Gasteiger partial charge in [0.05, 0.1) is 12.7 Å². The number of benzene rings is 2. The second kappa shape index (κ2) is 8.31. The molecule has 0 fully saturated rings. The molecule has 2 aromatic carbocycles. The summed E-state index contributed by atoms with van der Waals surface area (Å²) >= 11 is 0. The Morgan fingerprint density at radius 1 is 1.18 bits per heavy atom. The number of methoxy groups -OCH3 is 1. The first kappa shape index (κ1) is 22.5. The first-order chi connectivity index (χ1) is 15.6. The minimum atomic E-state index is -0.589. The summed E-state index contributed by atoms with van der Waals surface area (Å²) in [6, 6.07) is 9.13. The molecule has 172 valence electrons. The Morgan fingerprint density at radius 2 is 1.94 bits per heavy atom.